The Hall–Kier alpha value is -1.84. The summed E-state index contributed by atoms with van der Waals surface area (Å²) in [4.78, 5) is 10.9. The van der Waals surface area contributed by atoms with Gasteiger partial charge in [0.2, 0.25) is 0 Å². The highest BCUT2D eigenvalue weighted by Gasteiger charge is 2.04. The summed E-state index contributed by atoms with van der Waals surface area (Å²) in [6.45, 7) is 0.377. The van der Waals surface area contributed by atoms with Crippen molar-refractivity contribution in [3.8, 4) is 5.75 Å². The van der Waals surface area contributed by atoms with E-state index in [0.29, 0.717) is 22.9 Å². The van der Waals surface area contributed by atoms with Crippen molar-refractivity contribution < 1.29 is 14.6 Å². The van der Waals surface area contributed by atoms with Gasteiger partial charge in [-0.25, -0.2) is 0 Å². The Labute approximate surface area is 116 Å². The standard InChI is InChI=1S/C15H13ClO3/c16-14-5-6-15(13(7-14)9-18)19-10-12-3-1-11(8-17)2-4-12/h1-7,9,17H,8,10H2. The molecule has 1 N–H and O–H groups in total. The van der Waals surface area contributed by atoms with Gasteiger partial charge in [0.05, 0.1) is 12.2 Å². The van der Waals surface area contributed by atoms with Gasteiger partial charge in [-0.2, -0.15) is 0 Å². The molecule has 0 radical (unpaired) electrons. The van der Waals surface area contributed by atoms with Crippen molar-refractivity contribution in [2.75, 3.05) is 0 Å². The number of ether oxygens (including phenoxy) is 1. The fraction of sp³-hybridized carbons (Fsp3) is 0.133. The van der Waals surface area contributed by atoms with Gasteiger partial charge >= 0.3 is 0 Å². The van der Waals surface area contributed by atoms with E-state index in [9.17, 15) is 4.79 Å². The highest BCUT2D eigenvalue weighted by atomic mass is 35.5. The lowest BCUT2D eigenvalue weighted by atomic mass is 10.1. The zero-order valence-corrected chi connectivity index (χ0v) is 10.9. The summed E-state index contributed by atoms with van der Waals surface area (Å²) in [5.74, 6) is 0.505. The van der Waals surface area contributed by atoms with Crippen LogP contribution in [0.5, 0.6) is 5.75 Å². The summed E-state index contributed by atoms with van der Waals surface area (Å²) >= 11 is 5.81. The number of carbonyl (C=O) groups is 1. The van der Waals surface area contributed by atoms with Gasteiger partial charge in [0, 0.05) is 5.02 Å². The molecule has 4 heteroatoms. The molecular formula is C15H13ClO3. The van der Waals surface area contributed by atoms with Crippen LogP contribution in [0.3, 0.4) is 0 Å². The molecule has 98 valence electrons. The van der Waals surface area contributed by atoms with Crippen LogP contribution in [0.4, 0.5) is 0 Å². The summed E-state index contributed by atoms with van der Waals surface area (Å²) in [6, 6.07) is 12.3. The predicted molar refractivity (Wildman–Crippen MR) is 73.5 cm³/mol. The predicted octanol–water partition coefficient (Wildman–Crippen LogP) is 3.22. The second kappa shape index (κ2) is 6.36. The van der Waals surface area contributed by atoms with E-state index in [0.717, 1.165) is 17.4 Å². The van der Waals surface area contributed by atoms with Gasteiger partial charge in [0.25, 0.3) is 0 Å². The number of halogens is 1. The largest absolute Gasteiger partial charge is 0.488 e. The number of aliphatic hydroxyl groups is 1. The number of carbonyl (C=O) groups excluding carboxylic acids is 1. The van der Waals surface area contributed by atoms with Crippen molar-refractivity contribution in [2.24, 2.45) is 0 Å². The summed E-state index contributed by atoms with van der Waals surface area (Å²) in [7, 11) is 0. The smallest absolute Gasteiger partial charge is 0.153 e. The molecule has 0 atom stereocenters. The highest BCUT2D eigenvalue weighted by molar-refractivity contribution is 6.30. The Morgan fingerprint density at radius 1 is 1.11 bits per heavy atom. The highest BCUT2D eigenvalue weighted by Crippen LogP contribution is 2.22. The number of rotatable bonds is 5. The monoisotopic (exact) mass is 276 g/mol. The molecule has 0 bridgehead atoms. The van der Waals surface area contributed by atoms with Crippen molar-refractivity contribution in [2.45, 2.75) is 13.2 Å². The molecular weight excluding hydrogens is 264 g/mol. The summed E-state index contributed by atoms with van der Waals surface area (Å²) in [5, 5.41) is 9.45. The Morgan fingerprint density at radius 3 is 2.42 bits per heavy atom. The molecule has 0 fully saturated rings. The second-order valence-corrected chi connectivity index (χ2v) is 4.50. The van der Waals surface area contributed by atoms with Crippen molar-refractivity contribution in [1.29, 1.82) is 0 Å². The number of hydrogen-bond donors (Lipinski definition) is 1. The SMILES string of the molecule is O=Cc1cc(Cl)ccc1OCc1ccc(CO)cc1. The van der Waals surface area contributed by atoms with E-state index < -0.39 is 0 Å². The Bertz CT molecular complexity index is 564. The van der Waals surface area contributed by atoms with Gasteiger partial charge < -0.3 is 9.84 Å². The number of hydrogen-bond acceptors (Lipinski definition) is 3. The zero-order chi connectivity index (χ0) is 13.7. The van der Waals surface area contributed by atoms with Crippen LogP contribution in [0.2, 0.25) is 5.02 Å². The molecule has 0 saturated heterocycles. The third kappa shape index (κ3) is 3.56. The first-order valence-electron chi connectivity index (χ1n) is 5.79. The molecule has 0 heterocycles. The van der Waals surface area contributed by atoms with Gasteiger partial charge in [0.15, 0.2) is 6.29 Å². The second-order valence-electron chi connectivity index (χ2n) is 4.06. The fourth-order valence-electron chi connectivity index (χ4n) is 1.64. The molecule has 0 aromatic heterocycles. The first-order valence-corrected chi connectivity index (χ1v) is 6.17. The maximum absolute atomic E-state index is 10.9. The van der Waals surface area contributed by atoms with Crippen LogP contribution in [0.25, 0.3) is 0 Å². The van der Waals surface area contributed by atoms with E-state index in [1.54, 1.807) is 18.2 Å². The molecule has 2 aromatic carbocycles. The third-order valence-electron chi connectivity index (χ3n) is 2.70. The normalized spacial score (nSPS) is 10.2. The van der Waals surface area contributed by atoms with Crippen LogP contribution in [-0.2, 0) is 13.2 Å². The lowest BCUT2D eigenvalue weighted by Crippen LogP contribution is -1.98. The Morgan fingerprint density at radius 2 is 1.79 bits per heavy atom. The minimum atomic E-state index is 0.0214. The van der Waals surface area contributed by atoms with E-state index in [2.05, 4.69) is 0 Å². The fourth-order valence-corrected chi connectivity index (χ4v) is 1.83. The lowest BCUT2D eigenvalue weighted by molar-refractivity contribution is 0.111. The molecule has 0 aliphatic carbocycles. The van der Waals surface area contributed by atoms with Gasteiger partial charge in [0.1, 0.15) is 12.4 Å². The van der Waals surface area contributed by atoms with Crippen LogP contribution >= 0.6 is 11.6 Å². The maximum Gasteiger partial charge on any atom is 0.153 e. The first kappa shape index (κ1) is 13.6. The zero-order valence-electron chi connectivity index (χ0n) is 10.2. The average molecular weight is 277 g/mol. The number of benzene rings is 2. The van der Waals surface area contributed by atoms with Crippen LogP contribution in [0.1, 0.15) is 21.5 Å². The quantitative estimate of drug-likeness (QED) is 0.853. The van der Waals surface area contributed by atoms with Crippen molar-refractivity contribution in [3.05, 3.63) is 64.2 Å². The topological polar surface area (TPSA) is 46.5 Å². The number of aliphatic hydroxyl groups excluding tert-OH is 1. The van der Waals surface area contributed by atoms with E-state index in [-0.39, 0.29) is 6.61 Å². The molecule has 0 saturated carbocycles. The molecule has 0 amide bonds. The van der Waals surface area contributed by atoms with Crippen molar-refractivity contribution >= 4 is 17.9 Å². The molecule has 0 spiro atoms. The van der Waals surface area contributed by atoms with Crippen molar-refractivity contribution in [1.82, 2.24) is 0 Å². The molecule has 19 heavy (non-hydrogen) atoms. The molecule has 3 nitrogen and oxygen atoms in total. The van der Waals surface area contributed by atoms with E-state index in [1.165, 1.54) is 0 Å². The van der Waals surface area contributed by atoms with Gasteiger partial charge in [-0.1, -0.05) is 35.9 Å². The minimum Gasteiger partial charge on any atom is -0.488 e. The minimum absolute atomic E-state index is 0.0214. The Kier molecular flexibility index (Phi) is 4.55. The maximum atomic E-state index is 10.9. The van der Waals surface area contributed by atoms with E-state index in [4.69, 9.17) is 21.4 Å². The Balaban J connectivity index is 2.07. The van der Waals surface area contributed by atoms with Crippen LogP contribution < -0.4 is 4.74 Å². The molecule has 2 rings (SSSR count). The van der Waals surface area contributed by atoms with Gasteiger partial charge in [-0.3, -0.25) is 4.79 Å². The number of aldehydes is 1. The third-order valence-corrected chi connectivity index (χ3v) is 2.93. The van der Waals surface area contributed by atoms with E-state index >= 15 is 0 Å². The summed E-state index contributed by atoms with van der Waals surface area (Å²) < 4.78 is 5.59. The van der Waals surface area contributed by atoms with Crippen molar-refractivity contribution in [3.63, 3.8) is 0 Å². The van der Waals surface area contributed by atoms with Crippen LogP contribution in [0.15, 0.2) is 42.5 Å². The average Bonchev–Trinajstić information content (AvgIpc) is 2.46. The lowest BCUT2D eigenvalue weighted by Gasteiger charge is -2.09. The van der Waals surface area contributed by atoms with E-state index in [1.807, 2.05) is 24.3 Å². The van der Waals surface area contributed by atoms with Gasteiger partial charge in [-0.15, -0.1) is 0 Å². The molecule has 0 unspecified atom stereocenters. The van der Waals surface area contributed by atoms with Gasteiger partial charge in [-0.05, 0) is 29.3 Å². The first-order chi connectivity index (χ1) is 9.22. The summed E-state index contributed by atoms with van der Waals surface area (Å²) in [5.41, 5.74) is 2.24. The van der Waals surface area contributed by atoms with Crippen LogP contribution in [0, 0.1) is 0 Å². The summed E-state index contributed by atoms with van der Waals surface area (Å²) in [6.07, 6.45) is 0.718. The molecule has 0 aliphatic heterocycles. The molecule has 2 aromatic rings. The molecule has 0 aliphatic rings. The van der Waals surface area contributed by atoms with Crippen LogP contribution in [-0.4, -0.2) is 11.4 Å².